The number of rotatable bonds is 4. The van der Waals surface area contributed by atoms with E-state index >= 15 is 0 Å². The Kier molecular flexibility index (Phi) is 4.30. The molecule has 0 atom stereocenters. The van der Waals surface area contributed by atoms with Gasteiger partial charge in [0.15, 0.2) is 9.84 Å². The standard InChI is InChI=1S/C17H18N4O3S/c1-11-8-19-17-20-12(2)15(21(17)10-11)16(22)18-9-13-4-6-14(7-5-13)25(3,23)24/h4-8,10H,9H2,1-3H3,(H,18,22). The van der Waals surface area contributed by atoms with Crippen molar-refractivity contribution in [2.45, 2.75) is 25.3 Å². The number of amides is 1. The van der Waals surface area contributed by atoms with E-state index in [2.05, 4.69) is 15.3 Å². The molecule has 7 nitrogen and oxygen atoms in total. The van der Waals surface area contributed by atoms with Gasteiger partial charge in [0, 0.05) is 25.2 Å². The van der Waals surface area contributed by atoms with Crippen molar-refractivity contribution >= 4 is 21.5 Å². The van der Waals surface area contributed by atoms with Crippen molar-refractivity contribution in [3.05, 3.63) is 59.2 Å². The summed E-state index contributed by atoms with van der Waals surface area (Å²) in [6.07, 6.45) is 4.68. The summed E-state index contributed by atoms with van der Waals surface area (Å²) >= 11 is 0. The average Bonchev–Trinajstić information content (AvgIpc) is 2.87. The van der Waals surface area contributed by atoms with E-state index in [-0.39, 0.29) is 17.3 Å². The van der Waals surface area contributed by atoms with Crippen LogP contribution in [0.4, 0.5) is 0 Å². The molecule has 2 heterocycles. The third-order valence-corrected chi connectivity index (χ3v) is 4.93. The Hall–Kier alpha value is -2.74. The molecule has 0 bridgehead atoms. The molecule has 25 heavy (non-hydrogen) atoms. The average molecular weight is 358 g/mol. The lowest BCUT2D eigenvalue weighted by Crippen LogP contribution is -2.25. The molecule has 0 aliphatic carbocycles. The van der Waals surface area contributed by atoms with E-state index in [1.165, 1.54) is 12.1 Å². The van der Waals surface area contributed by atoms with Crippen molar-refractivity contribution in [3.63, 3.8) is 0 Å². The van der Waals surface area contributed by atoms with Gasteiger partial charge in [0.05, 0.1) is 10.6 Å². The van der Waals surface area contributed by atoms with Gasteiger partial charge in [-0.05, 0) is 37.1 Å². The maximum atomic E-state index is 12.6. The largest absolute Gasteiger partial charge is 0.347 e. The van der Waals surface area contributed by atoms with Crippen molar-refractivity contribution in [3.8, 4) is 0 Å². The van der Waals surface area contributed by atoms with Gasteiger partial charge in [-0.25, -0.2) is 18.4 Å². The Bertz CT molecular complexity index is 1050. The van der Waals surface area contributed by atoms with Gasteiger partial charge in [-0.15, -0.1) is 0 Å². The molecule has 1 N–H and O–H groups in total. The topological polar surface area (TPSA) is 93.4 Å². The number of carbonyl (C=O) groups is 1. The highest BCUT2D eigenvalue weighted by molar-refractivity contribution is 7.90. The zero-order valence-corrected chi connectivity index (χ0v) is 15.0. The molecule has 3 aromatic rings. The Morgan fingerprint density at radius 1 is 1.20 bits per heavy atom. The first-order valence-corrected chi connectivity index (χ1v) is 9.53. The molecular weight excluding hydrogens is 340 g/mol. The highest BCUT2D eigenvalue weighted by atomic mass is 32.2. The molecule has 1 amide bonds. The second-order valence-electron chi connectivity index (χ2n) is 5.95. The van der Waals surface area contributed by atoms with Crippen LogP contribution in [0.2, 0.25) is 0 Å². The molecule has 8 heteroatoms. The molecule has 0 aliphatic rings. The lowest BCUT2D eigenvalue weighted by atomic mass is 10.2. The summed E-state index contributed by atoms with van der Waals surface area (Å²) in [6, 6.07) is 6.43. The van der Waals surface area contributed by atoms with Crippen molar-refractivity contribution in [2.24, 2.45) is 0 Å². The lowest BCUT2D eigenvalue weighted by molar-refractivity contribution is 0.0944. The van der Waals surface area contributed by atoms with Crippen LogP contribution in [0.25, 0.3) is 5.78 Å². The number of benzene rings is 1. The van der Waals surface area contributed by atoms with E-state index in [1.807, 2.05) is 13.1 Å². The van der Waals surface area contributed by atoms with Gasteiger partial charge in [-0.3, -0.25) is 9.20 Å². The van der Waals surface area contributed by atoms with Gasteiger partial charge >= 0.3 is 0 Å². The SMILES string of the molecule is Cc1cnc2nc(C)c(C(=O)NCc3ccc(S(C)(=O)=O)cc3)n2c1. The van der Waals surface area contributed by atoms with Crippen LogP contribution in [0.15, 0.2) is 41.6 Å². The smallest absolute Gasteiger partial charge is 0.270 e. The van der Waals surface area contributed by atoms with E-state index in [9.17, 15) is 13.2 Å². The number of hydrogen-bond donors (Lipinski definition) is 1. The molecule has 0 aliphatic heterocycles. The summed E-state index contributed by atoms with van der Waals surface area (Å²) in [5.41, 5.74) is 2.78. The molecule has 130 valence electrons. The molecule has 0 spiro atoms. The predicted molar refractivity (Wildman–Crippen MR) is 93.2 cm³/mol. The number of sulfone groups is 1. The number of nitrogens with one attached hydrogen (secondary N) is 1. The number of hydrogen-bond acceptors (Lipinski definition) is 5. The van der Waals surface area contributed by atoms with E-state index in [0.717, 1.165) is 17.4 Å². The Balaban J connectivity index is 1.79. The number of imidazole rings is 1. The van der Waals surface area contributed by atoms with Crippen LogP contribution < -0.4 is 5.32 Å². The summed E-state index contributed by atoms with van der Waals surface area (Å²) in [5.74, 6) is 0.218. The van der Waals surface area contributed by atoms with E-state index in [4.69, 9.17) is 0 Å². The highest BCUT2D eigenvalue weighted by Crippen LogP contribution is 2.13. The number of nitrogens with zero attached hydrogens (tertiary/aromatic N) is 3. The summed E-state index contributed by atoms with van der Waals surface area (Å²) in [7, 11) is -3.23. The Labute approximate surface area is 145 Å². The van der Waals surface area contributed by atoms with E-state index < -0.39 is 9.84 Å². The minimum absolute atomic E-state index is 0.252. The maximum absolute atomic E-state index is 12.6. The lowest BCUT2D eigenvalue weighted by Gasteiger charge is -2.07. The number of carbonyl (C=O) groups excluding carboxylic acids is 1. The molecule has 3 rings (SSSR count). The van der Waals surface area contributed by atoms with Crippen LogP contribution in [-0.2, 0) is 16.4 Å². The van der Waals surface area contributed by atoms with Crippen molar-refractivity contribution in [2.75, 3.05) is 6.26 Å². The molecule has 2 aromatic heterocycles. The second kappa shape index (κ2) is 6.29. The van der Waals surface area contributed by atoms with Crippen LogP contribution in [0, 0.1) is 13.8 Å². The van der Waals surface area contributed by atoms with Gasteiger partial charge in [0.2, 0.25) is 5.78 Å². The zero-order chi connectivity index (χ0) is 18.2. The van der Waals surface area contributed by atoms with E-state index in [1.54, 1.807) is 29.7 Å². The van der Waals surface area contributed by atoms with Crippen molar-refractivity contribution < 1.29 is 13.2 Å². The molecule has 0 unspecified atom stereocenters. The fourth-order valence-electron chi connectivity index (χ4n) is 2.54. The maximum Gasteiger partial charge on any atom is 0.270 e. The third-order valence-electron chi connectivity index (χ3n) is 3.80. The molecule has 0 fully saturated rings. The fraction of sp³-hybridized carbons (Fsp3) is 0.235. The summed E-state index contributed by atoms with van der Waals surface area (Å²) in [5, 5.41) is 2.84. The molecule has 0 saturated heterocycles. The summed E-state index contributed by atoms with van der Waals surface area (Å²) in [6.45, 7) is 3.95. The van der Waals surface area contributed by atoms with Gasteiger partial charge in [-0.2, -0.15) is 0 Å². The summed E-state index contributed by atoms with van der Waals surface area (Å²) in [4.78, 5) is 21.3. The minimum atomic E-state index is -3.23. The van der Waals surface area contributed by atoms with Gasteiger partial charge in [-0.1, -0.05) is 12.1 Å². The molecule has 0 radical (unpaired) electrons. The number of aryl methyl sites for hydroxylation is 2. The van der Waals surface area contributed by atoms with Crippen LogP contribution in [0.1, 0.15) is 27.3 Å². The van der Waals surface area contributed by atoms with E-state index in [0.29, 0.717) is 17.2 Å². The van der Waals surface area contributed by atoms with Gasteiger partial charge in [0.1, 0.15) is 5.69 Å². The molecule has 0 saturated carbocycles. The monoisotopic (exact) mass is 358 g/mol. The Morgan fingerprint density at radius 2 is 1.88 bits per heavy atom. The van der Waals surface area contributed by atoms with Crippen LogP contribution in [0.5, 0.6) is 0 Å². The molecule has 1 aromatic carbocycles. The van der Waals surface area contributed by atoms with Gasteiger partial charge < -0.3 is 5.32 Å². The number of fused-ring (bicyclic) bond motifs is 1. The third kappa shape index (κ3) is 3.53. The van der Waals surface area contributed by atoms with Crippen molar-refractivity contribution in [1.29, 1.82) is 0 Å². The number of aromatic nitrogens is 3. The molecular formula is C17H18N4O3S. The van der Waals surface area contributed by atoms with Crippen LogP contribution in [0.3, 0.4) is 0 Å². The minimum Gasteiger partial charge on any atom is -0.347 e. The first-order valence-electron chi connectivity index (χ1n) is 7.64. The van der Waals surface area contributed by atoms with Crippen LogP contribution in [-0.4, -0.2) is 34.9 Å². The van der Waals surface area contributed by atoms with Gasteiger partial charge in [0.25, 0.3) is 5.91 Å². The predicted octanol–water partition coefficient (Wildman–Crippen LogP) is 1.68. The first kappa shape index (κ1) is 17.1. The zero-order valence-electron chi connectivity index (χ0n) is 14.1. The first-order chi connectivity index (χ1) is 11.8. The quantitative estimate of drug-likeness (QED) is 0.766. The second-order valence-corrected chi connectivity index (χ2v) is 7.96. The van der Waals surface area contributed by atoms with Crippen molar-refractivity contribution in [1.82, 2.24) is 19.7 Å². The van der Waals surface area contributed by atoms with Crippen LogP contribution >= 0.6 is 0 Å². The Morgan fingerprint density at radius 3 is 2.52 bits per heavy atom. The highest BCUT2D eigenvalue weighted by Gasteiger charge is 2.17. The fourth-order valence-corrected chi connectivity index (χ4v) is 3.17. The summed E-state index contributed by atoms with van der Waals surface area (Å²) < 4.78 is 24.6. The normalized spacial score (nSPS) is 11.6.